The Bertz CT molecular complexity index is 341. The van der Waals surface area contributed by atoms with Gasteiger partial charge in [0, 0.05) is 18.3 Å². The van der Waals surface area contributed by atoms with Crippen LogP contribution in [0.5, 0.6) is 0 Å². The highest BCUT2D eigenvalue weighted by atomic mass is 16.5. The Morgan fingerprint density at radius 2 is 2.29 bits per heavy atom. The number of carbonyl (C=O) groups is 1. The van der Waals surface area contributed by atoms with E-state index in [9.17, 15) is 4.79 Å². The van der Waals surface area contributed by atoms with E-state index in [0.717, 1.165) is 5.69 Å². The van der Waals surface area contributed by atoms with E-state index in [-0.39, 0.29) is 11.8 Å². The number of ether oxygens (including phenoxy) is 1. The van der Waals surface area contributed by atoms with Crippen LogP contribution in [0.25, 0.3) is 0 Å². The zero-order valence-electron chi connectivity index (χ0n) is 10.2. The molecule has 94 valence electrons. The van der Waals surface area contributed by atoms with Gasteiger partial charge in [0.15, 0.2) is 0 Å². The number of rotatable bonds is 6. The quantitative estimate of drug-likeness (QED) is 0.433. The molecule has 1 amide bonds. The van der Waals surface area contributed by atoms with Crippen molar-refractivity contribution in [3.63, 3.8) is 0 Å². The molecule has 0 bridgehead atoms. The summed E-state index contributed by atoms with van der Waals surface area (Å²) in [4.78, 5) is 15.6. The van der Waals surface area contributed by atoms with Crippen molar-refractivity contribution in [2.24, 2.45) is 11.8 Å². The van der Waals surface area contributed by atoms with Crippen LogP contribution in [0, 0.1) is 5.92 Å². The number of hydrogen-bond acceptors (Lipinski definition) is 4. The van der Waals surface area contributed by atoms with Gasteiger partial charge in [0.25, 0.3) is 5.91 Å². The molecule has 0 fully saturated rings. The first-order valence-corrected chi connectivity index (χ1v) is 5.67. The number of aromatic nitrogens is 1. The molecule has 0 aliphatic rings. The summed E-state index contributed by atoms with van der Waals surface area (Å²) in [6.45, 7) is 4.29. The molecule has 1 unspecified atom stereocenters. The van der Waals surface area contributed by atoms with Crippen LogP contribution in [-0.4, -0.2) is 23.6 Å². The molecule has 0 aromatic carbocycles. The van der Waals surface area contributed by atoms with Crippen LogP contribution in [0.3, 0.4) is 0 Å². The number of nitrogens with one attached hydrogen (secondary N) is 1. The minimum absolute atomic E-state index is 0.0854. The number of nitrogens with two attached hydrogens (primary N) is 1. The van der Waals surface area contributed by atoms with E-state index in [0.29, 0.717) is 13.0 Å². The highest BCUT2D eigenvalue weighted by molar-refractivity contribution is 5.80. The standard InChI is InChI=1S/C12H19N3O2/c1-9(2)11(12(16)15-13)17-8-6-10-5-3-4-7-14-10/h3-5,7,9,11H,6,8,13H2,1-2H3,(H,15,16). The van der Waals surface area contributed by atoms with Crippen LogP contribution in [0.2, 0.25) is 0 Å². The van der Waals surface area contributed by atoms with Crippen LogP contribution in [-0.2, 0) is 16.0 Å². The van der Waals surface area contributed by atoms with E-state index in [1.807, 2.05) is 32.0 Å². The smallest absolute Gasteiger partial charge is 0.263 e. The number of amides is 1. The summed E-state index contributed by atoms with van der Waals surface area (Å²) in [5.41, 5.74) is 3.06. The second-order valence-electron chi connectivity index (χ2n) is 4.12. The normalized spacial score (nSPS) is 12.5. The molecule has 3 N–H and O–H groups in total. The fourth-order valence-electron chi connectivity index (χ4n) is 1.49. The van der Waals surface area contributed by atoms with Gasteiger partial charge in [0.2, 0.25) is 0 Å². The largest absolute Gasteiger partial charge is 0.368 e. The number of hydrogen-bond donors (Lipinski definition) is 2. The Hall–Kier alpha value is -1.46. The lowest BCUT2D eigenvalue weighted by Gasteiger charge is -2.19. The Balaban J connectivity index is 2.40. The van der Waals surface area contributed by atoms with Crippen LogP contribution in [0.4, 0.5) is 0 Å². The van der Waals surface area contributed by atoms with Crippen LogP contribution < -0.4 is 11.3 Å². The van der Waals surface area contributed by atoms with Crippen LogP contribution in [0.15, 0.2) is 24.4 Å². The maximum absolute atomic E-state index is 11.4. The Labute approximate surface area is 101 Å². The molecule has 0 saturated carbocycles. The van der Waals surface area contributed by atoms with Gasteiger partial charge in [0.05, 0.1) is 6.61 Å². The summed E-state index contributed by atoms with van der Waals surface area (Å²) in [6, 6.07) is 5.72. The summed E-state index contributed by atoms with van der Waals surface area (Å²) < 4.78 is 5.53. The lowest BCUT2D eigenvalue weighted by atomic mass is 10.1. The van der Waals surface area contributed by atoms with Crippen LogP contribution >= 0.6 is 0 Å². The number of nitrogens with zero attached hydrogens (tertiary/aromatic N) is 1. The lowest BCUT2D eigenvalue weighted by molar-refractivity contribution is -0.135. The number of carbonyl (C=O) groups excluding carboxylic acids is 1. The van der Waals surface area contributed by atoms with Crippen molar-refractivity contribution in [3.8, 4) is 0 Å². The van der Waals surface area contributed by atoms with E-state index < -0.39 is 6.10 Å². The van der Waals surface area contributed by atoms with Gasteiger partial charge in [0.1, 0.15) is 6.10 Å². The molecule has 0 radical (unpaired) electrons. The van der Waals surface area contributed by atoms with E-state index >= 15 is 0 Å². The maximum Gasteiger partial charge on any atom is 0.263 e. The van der Waals surface area contributed by atoms with Crippen molar-refractivity contribution in [2.45, 2.75) is 26.4 Å². The third kappa shape index (κ3) is 4.50. The maximum atomic E-state index is 11.4. The number of hydrazine groups is 1. The van der Waals surface area contributed by atoms with E-state index in [1.54, 1.807) is 6.20 Å². The molecule has 5 heteroatoms. The molecule has 17 heavy (non-hydrogen) atoms. The topological polar surface area (TPSA) is 77.2 Å². The summed E-state index contributed by atoms with van der Waals surface area (Å²) in [5.74, 6) is 4.90. The first-order chi connectivity index (χ1) is 8.15. The minimum Gasteiger partial charge on any atom is -0.368 e. The van der Waals surface area contributed by atoms with Gasteiger partial charge >= 0.3 is 0 Å². The summed E-state index contributed by atoms with van der Waals surface area (Å²) >= 11 is 0. The molecule has 0 saturated heterocycles. The molecule has 1 aromatic heterocycles. The molecule has 1 atom stereocenters. The fourth-order valence-corrected chi connectivity index (χ4v) is 1.49. The fraction of sp³-hybridized carbons (Fsp3) is 0.500. The Morgan fingerprint density at radius 1 is 1.53 bits per heavy atom. The monoisotopic (exact) mass is 237 g/mol. The molecule has 1 rings (SSSR count). The van der Waals surface area contributed by atoms with Crippen LogP contribution in [0.1, 0.15) is 19.5 Å². The zero-order chi connectivity index (χ0) is 12.7. The third-order valence-electron chi connectivity index (χ3n) is 2.39. The van der Waals surface area contributed by atoms with Crippen molar-refractivity contribution in [2.75, 3.05) is 6.61 Å². The van der Waals surface area contributed by atoms with Gasteiger partial charge in [-0.1, -0.05) is 19.9 Å². The van der Waals surface area contributed by atoms with Gasteiger partial charge in [-0.05, 0) is 18.1 Å². The lowest BCUT2D eigenvalue weighted by Crippen LogP contribution is -2.43. The van der Waals surface area contributed by atoms with Gasteiger partial charge in [-0.25, -0.2) is 5.84 Å². The molecule has 1 aromatic rings. The van der Waals surface area contributed by atoms with E-state index in [1.165, 1.54) is 0 Å². The number of pyridine rings is 1. The van der Waals surface area contributed by atoms with Gasteiger partial charge in [-0.15, -0.1) is 0 Å². The molecular formula is C12H19N3O2. The summed E-state index contributed by atoms with van der Waals surface area (Å²) in [6.07, 6.45) is 1.91. The van der Waals surface area contributed by atoms with Gasteiger partial charge in [-0.2, -0.15) is 0 Å². The average Bonchev–Trinajstić information content (AvgIpc) is 2.34. The van der Waals surface area contributed by atoms with Crippen molar-refractivity contribution < 1.29 is 9.53 Å². The van der Waals surface area contributed by atoms with Crippen molar-refractivity contribution in [3.05, 3.63) is 30.1 Å². The van der Waals surface area contributed by atoms with Crippen molar-refractivity contribution in [1.82, 2.24) is 10.4 Å². The second kappa shape index (κ2) is 6.98. The van der Waals surface area contributed by atoms with E-state index in [4.69, 9.17) is 10.6 Å². The van der Waals surface area contributed by atoms with Crippen molar-refractivity contribution in [1.29, 1.82) is 0 Å². The Kier molecular flexibility index (Phi) is 5.59. The predicted molar refractivity (Wildman–Crippen MR) is 64.8 cm³/mol. The summed E-state index contributed by atoms with van der Waals surface area (Å²) in [7, 11) is 0. The van der Waals surface area contributed by atoms with Gasteiger partial charge in [-0.3, -0.25) is 15.2 Å². The van der Waals surface area contributed by atoms with Crippen molar-refractivity contribution >= 4 is 5.91 Å². The molecule has 5 nitrogen and oxygen atoms in total. The zero-order valence-corrected chi connectivity index (χ0v) is 10.2. The highest BCUT2D eigenvalue weighted by Crippen LogP contribution is 2.07. The second-order valence-corrected chi connectivity index (χ2v) is 4.12. The molecule has 0 aliphatic heterocycles. The first kappa shape index (κ1) is 13.6. The van der Waals surface area contributed by atoms with E-state index in [2.05, 4.69) is 10.4 Å². The first-order valence-electron chi connectivity index (χ1n) is 5.67. The molecular weight excluding hydrogens is 218 g/mol. The molecule has 0 aliphatic carbocycles. The SMILES string of the molecule is CC(C)C(OCCc1ccccn1)C(=O)NN. The predicted octanol–water partition coefficient (Wildman–Crippen LogP) is 0.655. The Morgan fingerprint density at radius 3 is 2.82 bits per heavy atom. The molecule has 0 spiro atoms. The average molecular weight is 237 g/mol. The summed E-state index contributed by atoms with van der Waals surface area (Å²) in [5, 5.41) is 0. The minimum atomic E-state index is -0.510. The third-order valence-corrected chi connectivity index (χ3v) is 2.39. The van der Waals surface area contributed by atoms with Gasteiger partial charge < -0.3 is 4.74 Å². The molecule has 1 heterocycles. The highest BCUT2D eigenvalue weighted by Gasteiger charge is 2.21.